The maximum absolute atomic E-state index is 3.10. The van der Waals surface area contributed by atoms with Crippen molar-refractivity contribution < 1.29 is 0 Å². The van der Waals surface area contributed by atoms with Crippen molar-refractivity contribution in [3.05, 3.63) is 0 Å². The topological polar surface area (TPSA) is 9.72 Å². The van der Waals surface area contributed by atoms with Crippen molar-refractivity contribution in [2.75, 3.05) is 26.2 Å². The van der Waals surface area contributed by atoms with E-state index in [1.807, 2.05) is 0 Å². The second kappa shape index (κ2) is 7.88. The molecule has 3 nitrogen and oxygen atoms in total. The van der Waals surface area contributed by atoms with Crippen molar-refractivity contribution in [1.29, 1.82) is 0 Å². The van der Waals surface area contributed by atoms with Crippen LogP contribution in [0.1, 0.15) is 27.7 Å². The van der Waals surface area contributed by atoms with Crippen LogP contribution in [-0.4, -0.2) is 64.2 Å². The van der Waals surface area contributed by atoms with Gasteiger partial charge in [-0.15, -0.1) is 0 Å². The van der Waals surface area contributed by atoms with E-state index in [1.54, 1.807) is 0 Å². The maximum Gasteiger partial charge on any atom is 0.188 e. The summed E-state index contributed by atoms with van der Waals surface area (Å²) in [6.45, 7) is 32.0. The molecule has 0 fully saturated rings. The number of hydrogen-bond acceptors (Lipinski definition) is 3. The molecule has 0 spiro atoms. The molecule has 0 N–H and O–H groups in total. The van der Waals surface area contributed by atoms with Crippen LogP contribution in [0.5, 0.6) is 0 Å². The molecular formula is C15H41N3Si3. The molecule has 0 unspecified atom stereocenters. The summed E-state index contributed by atoms with van der Waals surface area (Å²) in [7, 11) is -4.53. The second-order valence-electron chi connectivity index (χ2n) is 7.84. The SMILES string of the molecule is CCN(CC)[Si](C)(C)N([Si](C)(C)C)[Si](C)(C)N(CC)CC. The van der Waals surface area contributed by atoms with Crippen molar-refractivity contribution >= 4 is 25.0 Å². The minimum absolute atomic E-state index is 1.18. The van der Waals surface area contributed by atoms with E-state index in [1.165, 1.54) is 26.2 Å². The number of nitrogens with zero attached hydrogens (tertiary/aromatic N) is 3. The number of rotatable bonds is 9. The highest BCUT2D eigenvalue weighted by molar-refractivity contribution is 7.02. The first-order valence-electron chi connectivity index (χ1n) is 8.71. The van der Waals surface area contributed by atoms with Crippen LogP contribution >= 0.6 is 0 Å². The molecule has 0 radical (unpaired) electrons. The van der Waals surface area contributed by atoms with Gasteiger partial charge < -0.3 is 13.0 Å². The van der Waals surface area contributed by atoms with Crippen molar-refractivity contribution in [3.63, 3.8) is 0 Å². The quantitative estimate of drug-likeness (QED) is 0.578. The van der Waals surface area contributed by atoms with Crippen LogP contribution in [0.3, 0.4) is 0 Å². The summed E-state index contributed by atoms with van der Waals surface area (Å²) in [5, 5.41) is 0. The lowest BCUT2D eigenvalue weighted by Gasteiger charge is -2.59. The normalized spacial score (nSPS) is 14.6. The van der Waals surface area contributed by atoms with Gasteiger partial charge in [0.15, 0.2) is 16.8 Å². The monoisotopic (exact) mass is 347 g/mol. The summed E-state index contributed by atoms with van der Waals surface area (Å²) in [5.41, 5.74) is 0. The molecule has 6 heteroatoms. The smallest absolute Gasteiger partial charge is 0.188 e. The summed E-state index contributed by atoms with van der Waals surface area (Å²) < 4.78 is 8.64. The fourth-order valence-corrected chi connectivity index (χ4v) is 28.4. The molecule has 0 heterocycles. The average molecular weight is 348 g/mol. The van der Waals surface area contributed by atoms with E-state index in [9.17, 15) is 0 Å². The Morgan fingerprint density at radius 2 is 0.762 bits per heavy atom. The Morgan fingerprint density at radius 1 is 0.524 bits per heavy atom. The molecule has 0 atom stereocenters. The standard InChI is InChI=1S/C15H41N3Si3/c1-12-16(13-2)20(8,9)18(19(5,6)7)21(10,11)17(14-3)15-4/h12-15H2,1-11H3. The van der Waals surface area contributed by atoms with Gasteiger partial charge in [-0.1, -0.05) is 47.3 Å². The lowest BCUT2D eigenvalue weighted by Crippen LogP contribution is -2.80. The first-order chi connectivity index (χ1) is 9.40. The van der Waals surface area contributed by atoms with E-state index in [2.05, 4.69) is 86.6 Å². The molecule has 21 heavy (non-hydrogen) atoms. The van der Waals surface area contributed by atoms with Crippen LogP contribution < -0.4 is 0 Å². The zero-order valence-electron chi connectivity index (χ0n) is 16.7. The third kappa shape index (κ3) is 4.75. The van der Waals surface area contributed by atoms with Gasteiger partial charge in [0.2, 0.25) is 0 Å². The molecule has 0 saturated heterocycles. The fourth-order valence-electron chi connectivity index (χ4n) is 4.59. The molecule has 128 valence electrons. The van der Waals surface area contributed by atoms with Crippen LogP contribution in [0.15, 0.2) is 0 Å². The Balaban J connectivity index is 5.91. The average Bonchev–Trinajstić information content (AvgIpc) is 2.27. The van der Waals surface area contributed by atoms with Crippen molar-refractivity contribution in [3.8, 4) is 0 Å². The van der Waals surface area contributed by atoms with Crippen LogP contribution in [-0.2, 0) is 0 Å². The van der Waals surface area contributed by atoms with Gasteiger partial charge in [-0.25, -0.2) is 0 Å². The van der Waals surface area contributed by atoms with Gasteiger partial charge >= 0.3 is 0 Å². The van der Waals surface area contributed by atoms with Gasteiger partial charge in [-0.05, 0) is 52.4 Å². The highest BCUT2D eigenvalue weighted by Crippen LogP contribution is 2.31. The zero-order valence-corrected chi connectivity index (χ0v) is 19.7. The molecular weight excluding hydrogens is 306 g/mol. The predicted molar refractivity (Wildman–Crippen MR) is 106 cm³/mol. The van der Waals surface area contributed by atoms with Gasteiger partial charge in [0.25, 0.3) is 0 Å². The highest BCUT2D eigenvalue weighted by atomic mass is 28.5. The maximum atomic E-state index is 3.10. The molecule has 0 rings (SSSR count). The van der Waals surface area contributed by atoms with E-state index in [4.69, 9.17) is 0 Å². The first-order valence-corrected chi connectivity index (χ1v) is 17.9. The Kier molecular flexibility index (Phi) is 8.08. The Bertz CT molecular complexity index is 282. The Hall–Kier alpha value is 0.531. The van der Waals surface area contributed by atoms with Gasteiger partial charge in [-0.2, -0.15) is 0 Å². The zero-order chi connectivity index (χ0) is 17.1. The van der Waals surface area contributed by atoms with Crippen molar-refractivity contribution in [2.45, 2.75) is 73.5 Å². The Labute approximate surface area is 138 Å². The molecule has 0 aromatic heterocycles. The molecule has 0 amide bonds. The molecule has 0 aliphatic heterocycles. The van der Waals surface area contributed by atoms with E-state index in [0.717, 1.165) is 0 Å². The third-order valence-corrected chi connectivity index (χ3v) is 23.3. The lowest BCUT2D eigenvalue weighted by molar-refractivity contribution is 0.410. The van der Waals surface area contributed by atoms with E-state index < -0.39 is 25.0 Å². The Morgan fingerprint density at radius 3 is 0.905 bits per heavy atom. The summed E-state index contributed by atoms with van der Waals surface area (Å²) in [4.78, 5) is 0. The van der Waals surface area contributed by atoms with Crippen molar-refractivity contribution in [1.82, 2.24) is 13.0 Å². The van der Waals surface area contributed by atoms with Gasteiger partial charge in [0.05, 0.1) is 0 Å². The van der Waals surface area contributed by atoms with Crippen LogP contribution in [0.4, 0.5) is 0 Å². The van der Waals surface area contributed by atoms with Crippen molar-refractivity contribution in [2.24, 2.45) is 0 Å². The summed E-state index contributed by atoms with van der Waals surface area (Å²) >= 11 is 0. The highest BCUT2D eigenvalue weighted by Gasteiger charge is 2.51. The minimum atomic E-state index is -1.58. The predicted octanol–water partition coefficient (Wildman–Crippen LogP) is 4.21. The fraction of sp³-hybridized carbons (Fsp3) is 1.00. The van der Waals surface area contributed by atoms with Gasteiger partial charge in [0.1, 0.15) is 8.24 Å². The van der Waals surface area contributed by atoms with Gasteiger partial charge in [-0.3, -0.25) is 0 Å². The van der Waals surface area contributed by atoms with Gasteiger partial charge in [0, 0.05) is 0 Å². The second-order valence-corrected chi connectivity index (χ2v) is 22.1. The van der Waals surface area contributed by atoms with Crippen LogP contribution in [0.2, 0.25) is 45.8 Å². The lowest BCUT2D eigenvalue weighted by atomic mass is 10.7. The molecule has 0 aliphatic rings. The molecule has 0 aliphatic carbocycles. The van der Waals surface area contributed by atoms with Crippen LogP contribution in [0, 0.1) is 0 Å². The molecule has 0 bridgehead atoms. The van der Waals surface area contributed by atoms with E-state index in [-0.39, 0.29) is 0 Å². The molecule has 0 saturated carbocycles. The van der Waals surface area contributed by atoms with E-state index >= 15 is 0 Å². The summed E-state index contributed by atoms with van der Waals surface area (Å²) in [6, 6.07) is 0. The van der Waals surface area contributed by atoms with Crippen LogP contribution in [0.25, 0.3) is 0 Å². The molecule has 0 aromatic carbocycles. The number of hydrogen-bond donors (Lipinski definition) is 0. The summed E-state index contributed by atoms with van der Waals surface area (Å²) in [6.07, 6.45) is 0. The molecule has 0 aromatic rings. The largest absolute Gasteiger partial charge is 0.344 e. The third-order valence-electron chi connectivity index (χ3n) is 4.84. The summed E-state index contributed by atoms with van der Waals surface area (Å²) in [5.74, 6) is 0. The first kappa shape index (κ1) is 21.5. The van der Waals surface area contributed by atoms with E-state index in [0.29, 0.717) is 0 Å². The minimum Gasteiger partial charge on any atom is -0.344 e.